The van der Waals surface area contributed by atoms with Gasteiger partial charge in [0, 0.05) is 0 Å². The van der Waals surface area contributed by atoms with Crippen LogP contribution in [-0.4, -0.2) is 39.9 Å². The van der Waals surface area contributed by atoms with Gasteiger partial charge in [-0.25, -0.2) is 0 Å². The van der Waals surface area contributed by atoms with Crippen LogP contribution in [0.3, 0.4) is 0 Å². The zero-order valence-electron chi connectivity index (χ0n) is 9.58. The first-order valence-electron chi connectivity index (χ1n) is 5.97. The summed E-state index contributed by atoms with van der Waals surface area (Å²) in [6.07, 6.45) is 4.14. The molecule has 4 heteroatoms. The summed E-state index contributed by atoms with van der Waals surface area (Å²) in [6, 6.07) is 8.23. The molecule has 0 bridgehead atoms. The minimum atomic E-state index is 0.784. The van der Waals surface area contributed by atoms with E-state index < -0.39 is 0 Å². The molecule has 1 aromatic carbocycles. The zero-order chi connectivity index (χ0) is 11.7. The third kappa shape index (κ3) is 2.16. The van der Waals surface area contributed by atoms with E-state index in [-0.39, 0.29) is 0 Å². The van der Waals surface area contributed by atoms with Gasteiger partial charge in [-0.1, -0.05) is 0 Å². The summed E-state index contributed by atoms with van der Waals surface area (Å²) in [5.74, 6) is 1.09. The van der Waals surface area contributed by atoms with Crippen molar-refractivity contribution in [1.29, 1.82) is 0 Å². The number of hydrogen-bond donors (Lipinski definition) is 0. The molecule has 0 unspecified atom stereocenters. The Morgan fingerprint density at radius 3 is 2.71 bits per heavy atom. The van der Waals surface area contributed by atoms with Gasteiger partial charge >= 0.3 is 110 Å². The summed E-state index contributed by atoms with van der Waals surface area (Å²) in [4.78, 5) is 11.2. The number of fused-ring (bicyclic) bond motifs is 1. The number of nitrogens with zero attached hydrogens (tertiary/aromatic N) is 3. The van der Waals surface area contributed by atoms with Crippen molar-refractivity contribution in [3.8, 4) is 0 Å². The molecule has 2 radical (unpaired) electrons. The van der Waals surface area contributed by atoms with Crippen LogP contribution in [0, 0.1) is 0 Å². The van der Waals surface area contributed by atoms with Gasteiger partial charge in [-0.3, -0.25) is 0 Å². The average molecular weight is 287 g/mol. The topological polar surface area (TPSA) is 29.0 Å². The van der Waals surface area contributed by atoms with Crippen molar-refractivity contribution in [3.63, 3.8) is 0 Å². The Hall–Kier alpha value is -1.08. The van der Waals surface area contributed by atoms with Gasteiger partial charge in [-0.2, -0.15) is 0 Å². The molecule has 2 heterocycles. The van der Waals surface area contributed by atoms with Crippen LogP contribution < -0.4 is 4.90 Å². The van der Waals surface area contributed by atoms with E-state index in [9.17, 15) is 0 Å². The third-order valence-corrected chi connectivity index (χ3v) is 4.37. The molecule has 1 aliphatic heterocycles. The standard InChI is InChI=1S/C13H14AsN3/c14-10-5-7-17(8-6-10)13-11-3-1-2-4-12(11)15-9-16-13/h1-4,9-10H,5-8H2. The second-order valence-electron chi connectivity index (χ2n) is 4.43. The fourth-order valence-corrected chi connectivity index (χ4v) is 2.80. The molecule has 1 saturated heterocycles. The Morgan fingerprint density at radius 2 is 1.88 bits per heavy atom. The molecule has 0 saturated carbocycles. The number of rotatable bonds is 1. The van der Waals surface area contributed by atoms with Gasteiger partial charge in [0.1, 0.15) is 0 Å². The van der Waals surface area contributed by atoms with Crippen LogP contribution in [0.1, 0.15) is 12.8 Å². The van der Waals surface area contributed by atoms with Crippen molar-refractivity contribution in [2.75, 3.05) is 18.0 Å². The van der Waals surface area contributed by atoms with Crippen LogP contribution in [-0.2, 0) is 0 Å². The van der Waals surface area contributed by atoms with Gasteiger partial charge in [-0.15, -0.1) is 0 Å². The Kier molecular flexibility index (Phi) is 3.02. The predicted octanol–water partition coefficient (Wildman–Crippen LogP) is 2.19. The predicted molar refractivity (Wildman–Crippen MR) is 70.5 cm³/mol. The molecule has 1 aliphatic rings. The molecule has 3 rings (SSSR count). The molecule has 86 valence electrons. The molecule has 0 atom stereocenters. The van der Waals surface area contributed by atoms with E-state index in [1.54, 1.807) is 6.33 Å². The fourth-order valence-electron chi connectivity index (χ4n) is 2.32. The quantitative estimate of drug-likeness (QED) is 0.753. The molecular formula is C13H14AsN3. The molecule has 0 spiro atoms. The number of piperidine rings is 1. The van der Waals surface area contributed by atoms with E-state index in [1.807, 2.05) is 12.1 Å². The van der Waals surface area contributed by atoms with E-state index in [0.717, 1.165) is 29.1 Å². The zero-order valence-corrected chi connectivity index (χ0v) is 11.5. The summed E-state index contributed by atoms with van der Waals surface area (Å²) in [5.41, 5.74) is 1.03. The van der Waals surface area contributed by atoms with Crippen LogP contribution in [0.4, 0.5) is 5.82 Å². The van der Waals surface area contributed by atoms with Gasteiger partial charge in [0.25, 0.3) is 0 Å². The SMILES string of the molecule is [As]C1CCN(c2ncnc3ccccc23)CC1. The molecule has 1 aromatic heterocycles. The molecule has 17 heavy (non-hydrogen) atoms. The minimum absolute atomic E-state index is 0.784. The maximum atomic E-state index is 4.47. The third-order valence-electron chi connectivity index (χ3n) is 3.29. The van der Waals surface area contributed by atoms with Gasteiger partial charge in [-0.05, 0) is 0 Å². The van der Waals surface area contributed by atoms with Crippen molar-refractivity contribution < 1.29 is 0 Å². The first-order chi connectivity index (χ1) is 8.34. The Bertz CT molecular complexity index is 516. The van der Waals surface area contributed by atoms with Crippen LogP contribution in [0.2, 0.25) is 4.71 Å². The first kappa shape index (κ1) is 11.0. The molecule has 1 fully saturated rings. The second kappa shape index (κ2) is 4.65. The van der Waals surface area contributed by atoms with E-state index in [0.29, 0.717) is 0 Å². The maximum absolute atomic E-state index is 4.47. The Balaban J connectivity index is 2.00. The Morgan fingerprint density at radius 1 is 1.12 bits per heavy atom. The van der Waals surface area contributed by atoms with Crippen molar-refractivity contribution in [3.05, 3.63) is 30.6 Å². The van der Waals surface area contributed by atoms with Gasteiger partial charge in [0.05, 0.1) is 0 Å². The molecule has 3 nitrogen and oxygen atoms in total. The molecule has 0 aliphatic carbocycles. The van der Waals surface area contributed by atoms with Crippen molar-refractivity contribution in [2.45, 2.75) is 17.5 Å². The second-order valence-corrected chi connectivity index (χ2v) is 5.96. The van der Waals surface area contributed by atoms with Crippen LogP contribution in [0.15, 0.2) is 30.6 Å². The summed E-state index contributed by atoms with van der Waals surface area (Å²) >= 11 is 2.78. The molecule has 0 amide bonds. The number of anilines is 1. The summed E-state index contributed by atoms with van der Waals surface area (Å²) in [6.45, 7) is 2.20. The van der Waals surface area contributed by atoms with Crippen LogP contribution in [0.5, 0.6) is 0 Å². The molecule has 0 N–H and O–H groups in total. The van der Waals surface area contributed by atoms with Crippen LogP contribution >= 0.6 is 0 Å². The number of benzene rings is 1. The van der Waals surface area contributed by atoms with Crippen LogP contribution in [0.25, 0.3) is 10.9 Å². The monoisotopic (exact) mass is 287 g/mol. The molecular weight excluding hydrogens is 273 g/mol. The summed E-state index contributed by atoms with van der Waals surface area (Å²) in [5, 5.41) is 1.17. The normalized spacial score (nSPS) is 17.6. The van der Waals surface area contributed by atoms with E-state index >= 15 is 0 Å². The van der Waals surface area contributed by atoms with Gasteiger partial charge < -0.3 is 0 Å². The van der Waals surface area contributed by atoms with Crippen molar-refractivity contribution >= 4 is 33.6 Å². The average Bonchev–Trinajstić information content (AvgIpc) is 2.39. The van der Waals surface area contributed by atoms with Crippen molar-refractivity contribution in [1.82, 2.24) is 9.97 Å². The summed E-state index contributed by atoms with van der Waals surface area (Å²) in [7, 11) is 0. The van der Waals surface area contributed by atoms with E-state index in [4.69, 9.17) is 0 Å². The molecule has 2 aromatic rings. The number of hydrogen-bond acceptors (Lipinski definition) is 3. The number of aromatic nitrogens is 2. The van der Waals surface area contributed by atoms with E-state index in [1.165, 1.54) is 18.2 Å². The Labute approximate surface area is 110 Å². The van der Waals surface area contributed by atoms with Crippen molar-refractivity contribution in [2.24, 2.45) is 0 Å². The van der Waals surface area contributed by atoms with Gasteiger partial charge in [0.15, 0.2) is 0 Å². The summed E-state index contributed by atoms with van der Waals surface area (Å²) < 4.78 is 0.784. The fraction of sp³-hybridized carbons (Fsp3) is 0.385. The van der Waals surface area contributed by atoms with Gasteiger partial charge in [0.2, 0.25) is 0 Å². The first-order valence-corrected chi connectivity index (χ1v) is 7.06. The van der Waals surface area contributed by atoms with E-state index in [2.05, 4.69) is 43.9 Å². The number of para-hydroxylation sites is 1.